The highest BCUT2D eigenvalue weighted by Crippen LogP contribution is 2.24. The highest BCUT2D eigenvalue weighted by atomic mass is 32.2. The molecule has 0 saturated heterocycles. The maximum Gasteiger partial charge on any atom is 0.240 e. The number of amides is 1. The van der Waals surface area contributed by atoms with Crippen molar-refractivity contribution in [3.05, 3.63) is 29.3 Å². The van der Waals surface area contributed by atoms with Crippen molar-refractivity contribution >= 4 is 21.6 Å². The molecule has 0 fully saturated rings. The van der Waals surface area contributed by atoms with Gasteiger partial charge in [0.05, 0.1) is 11.9 Å². The standard InChI is InChI=1S/C16H26N2O3S/c1-12(2)9-10-17-16(19)11-18(22(5,20)21)15-8-6-7-13(3)14(15)4/h6-8,12H,9-11H2,1-5H3,(H,17,19). The first kappa shape index (κ1) is 18.5. The average Bonchev–Trinajstić information content (AvgIpc) is 2.38. The van der Waals surface area contributed by atoms with Crippen LogP contribution in [-0.2, 0) is 14.8 Å². The molecule has 22 heavy (non-hydrogen) atoms. The molecule has 1 aromatic rings. The molecule has 1 N–H and O–H groups in total. The van der Waals surface area contributed by atoms with Gasteiger partial charge in [0.25, 0.3) is 0 Å². The van der Waals surface area contributed by atoms with E-state index in [-0.39, 0.29) is 12.5 Å². The van der Waals surface area contributed by atoms with Gasteiger partial charge >= 0.3 is 0 Å². The van der Waals surface area contributed by atoms with Crippen molar-refractivity contribution in [2.24, 2.45) is 5.92 Å². The molecule has 0 spiro atoms. The molecule has 0 bridgehead atoms. The maximum atomic E-state index is 12.1. The lowest BCUT2D eigenvalue weighted by Gasteiger charge is -2.24. The number of carbonyl (C=O) groups is 1. The van der Waals surface area contributed by atoms with Gasteiger partial charge in [-0.1, -0.05) is 26.0 Å². The van der Waals surface area contributed by atoms with Crippen LogP contribution in [0.15, 0.2) is 18.2 Å². The van der Waals surface area contributed by atoms with Gasteiger partial charge in [-0.25, -0.2) is 8.42 Å². The van der Waals surface area contributed by atoms with Gasteiger partial charge in [0, 0.05) is 6.54 Å². The fourth-order valence-electron chi connectivity index (χ4n) is 2.07. The summed E-state index contributed by atoms with van der Waals surface area (Å²) in [6.07, 6.45) is 1.99. The van der Waals surface area contributed by atoms with Gasteiger partial charge in [-0.3, -0.25) is 9.10 Å². The normalized spacial score (nSPS) is 11.5. The summed E-state index contributed by atoms with van der Waals surface area (Å²) in [5.41, 5.74) is 2.41. The summed E-state index contributed by atoms with van der Waals surface area (Å²) in [5.74, 6) is 0.206. The second kappa shape index (κ2) is 7.63. The lowest BCUT2D eigenvalue weighted by molar-refractivity contribution is -0.119. The fraction of sp³-hybridized carbons (Fsp3) is 0.562. The molecule has 1 amide bonds. The van der Waals surface area contributed by atoms with Crippen LogP contribution in [0.25, 0.3) is 0 Å². The highest BCUT2D eigenvalue weighted by molar-refractivity contribution is 7.92. The van der Waals surface area contributed by atoms with E-state index < -0.39 is 10.0 Å². The third kappa shape index (κ3) is 5.33. The van der Waals surface area contributed by atoms with Crippen LogP contribution in [-0.4, -0.2) is 33.7 Å². The van der Waals surface area contributed by atoms with Crippen LogP contribution in [0, 0.1) is 19.8 Å². The molecule has 0 aromatic heterocycles. The van der Waals surface area contributed by atoms with Gasteiger partial charge in [0.15, 0.2) is 0 Å². The van der Waals surface area contributed by atoms with E-state index in [1.54, 1.807) is 12.1 Å². The topological polar surface area (TPSA) is 66.5 Å². The molecule has 0 radical (unpaired) electrons. The van der Waals surface area contributed by atoms with Crippen LogP contribution in [0.1, 0.15) is 31.4 Å². The average molecular weight is 326 g/mol. The molecule has 0 saturated carbocycles. The number of nitrogens with zero attached hydrogens (tertiary/aromatic N) is 1. The summed E-state index contributed by atoms with van der Waals surface area (Å²) in [6.45, 7) is 8.29. The van der Waals surface area contributed by atoms with Crippen molar-refractivity contribution in [1.82, 2.24) is 5.32 Å². The Morgan fingerprint density at radius 1 is 1.27 bits per heavy atom. The summed E-state index contributed by atoms with van der Waals surface area (Å²) in [4.78, 5) is 12.0. The van der Waals surface area contributed by atoms with E-state index in [0.29, 0.717) is 18.2 Å². The van der Waals surface area contributed by atoms with Crippen molar-refractivity contribution in [3.8, 4) is 0 Å². The van der Waals surface area contributed by atoms with Crippen LogP contribution in [0.2, 0.25) is 0 Å². The second-order valence-corrected chi connectivity index (χ2v) is 7.93. The second-order valence-electron chi connectivity index (χ2n) is 6.02. The lowest BCUT2D eigenvalue weighted by Crippen LogP contribution is -2.41. The first-order valence-electron chi connectivity index (χ1n) is 7.43. The van der Waals surface area contributed by atoms with Crippen LogP contribution >= 0.6 is 0 Å². The fourth-order valence-corrected chi connectivity index (χ4v) is 2.98. The SMILES string of the molecule is Cc1cccc(N(CC(=O)NCCC(C)C)S(C)(=O)=O)c1C. The van der Waals surface area contributed by atoms with Crippen molar-refractivity contribution in [3.63, 3.8) is 0 Å². The highest BCUT2D eigenvalue weighted by Gasteiger charge is 2.22. The molecule has 0 aliphatic rings. The third-order valence-corrected chi connectivity index (χ3v) is 4.70. The molecule has 0 unspecified atom stereocenters. The number of anilines is 1. The minimum absolute atomic E-state index is 0.193. The zero-order valence-corrected chi connectivity index (χ0v) is 14.8. The van der Waals surface area contributed by atoms with Crippen LogP contribution < -0.4 is 9.62 Å². The third-order valence-electron chi connectivity index (χ3n) is 3.58. The molecule has 0 atom stereocenters. The van der Waals surface area contributed by atoms with E-state index >= 15 is 0 Å². The smallest absolute Gasteiger partial charge is 0.240 e. The largest absolute Gasteiger partial charge is 0.355 e. The Morgan fingerprint density at radius 3 is 2.45 bits per heavy atom. The first-order valence-corrected chi connectivity index (χ1v) is 9.28. The summed E-state index contributed by atoms with van der Waals surface area (Å²) < 4.78 is 25.3. The van der Waals surface area contributed by atoms with Crippen LogP contribution in [0.4, 0.5) is 5.69 Å². The molecular formula is C16H26N2O3S. The predicted molar refractivity (Wildman–Crippen MR) is 90.6 cm³/mol. The Balaban J connectivity index is 2.92. The van der Waals surface area contributed by atoms with E-state index in [0.717, 1.165) is 23.8 Å². The molecule has 5 nitrogen and oxygen atoms in total. The minimum Gasteiger partial charge on any atom is -0.355 e. The van der Waals surface area contributed by atoms with Gasteiger partial charge < -0.3 is 5.32 Å². The predicted octanol–water partition coefficient (Wildman–Crippen LogP) is 2.23. The van der Waals surface area contributed by atoms with Crippen molar-refractivity contribution in [1.29, 1.82) is 0 Å². The van der Waals surface area contributed by atoms with E-state index in [2.05, 4.69) is 19.2 Å². The van der Waals surface area contributed by atoms with Crippen molar-refractivity contribution in [2.75, 3.05) is 23.7 Å². The quantitative estimate of drug-likeness (QED) is 0.835. The van der Waals surface area contributed by atoms with Crippen LogP contribution in [0.3, 0.4) is 0 Å². The van der Waals surface area contributed by atoms with Crippen molar-refractivity contribution < 1.29 is 13.2 Å². The molecule has 0 aliphatic heterocycles. The molecule has 124 valence electrons. The van der Waals surface area contributed by atoms with Crippen LogP contribution in [0.5, 0.6) is 0 Å². The first-order chi connectivity index (χ1) is 10.1. The van der Waals surface area contributed by atoms with Gasteiger partial charge in [0.2, 0.25) is 15.9 Å². The Bertz CT molecular complexity index is 624. The number of nitrogens with one attached hydrogen (secondary N) is 1. The van der Waals surface area contributed by atoms with Gasteiger partial charge in [-0.2, -0.15) is 0 Å². The van der Waals surface area contributed by atoms with Gasteiger partial charge in [-0.15, -0.1) is 0 Å². The van der Waals surface area contributed by atoms with Gasteiger partial charge in [-0.05, 0) is 43.4 Å². The molecular weight excluding hydrogens is 300 g/mol. The maximum absolute atomic E-state index is 12.1. The van der Waals surface area contributed by atoms with E-state index in [1.165, 1.54) is 4.31 Å². The van der Waals surface area contributed by atoms with Gasteiger partial charge in [0.1, 0.15) is 6.54 Å². The zero-order valence-electron chi connectivity index (χ0n) is 14.0. The Kier molecular flexibility index (Phi) is 6.41. The Labute approximate surface area is 133 Å². The zero-order chi connectivity index (χ0) is 16.9. The summed E-state index contributed by atoms with van der Waals surface area (Å²) in [6, 6.07) is 5.44. The number of carbonyl (C=O) groups excluding carboxylic acids is 1. The van der Waals surface area contributed by atoms with E-state index in [4.69, 9.17) is 0 Å². The molecule has 1 aromatic carbocycles. The number of rotatable bonds is 7. The number of hydrogen-bond acceptors (Lipinski definition) is 3. The summed E-state index contributed by atoms with van der Waals surface area (Å²) >= 11 is 0. The Hall–Kier alpha value is -1.56. The lowest BCUT2D eigenvalue weighted by atomic mass is 10.1. The van der Waals surface area contributed by atoms with Crippen molar-refractivity contribution in [2.45, 2.75) is 34.1 Å². The molecule has 0 heterocycles. The molecule has 6 heteroatoms. The molecule has 1 rings (SSSR count). The number of hydrogen-bond donors (Lipinski definition) is 1. The number of benzene rings is 1. The number of aryl methyl sites for hydroxylation is 1. The summed E-state index contributed by atoms with van der Waals surface area (Å²) in [5, 5.41) is 2.78. The molecule has 0 aliphatic carbocycles. The van der Waals surface area contributed by atoms with E-state index in [9.17, 15) is 13.2 Å². The summed E-state index contributed by atoms with van der Waals surface area (Å²) in [7, 11) is -3.52. The minimum atomic E-state index is -3.52. The monoisotopic (exact) mass is 326 g/mol. The van der Waals surface area contributed by atoms with E-state index in [1.807, 2.05) is 19.9 Å². The Morgan fingerprint density at radius 2 is 1.91 bits per heavy atom. The number of sulfonamides is 1.